The van der Waals surface area contributed by atoms with E-state index in [4.69, 9.17) is 19.7 Å². The van der Waals surface area contributed by atoms with Crippen molar-refractivity contribution >= 4 is 23.9 Å². The fourth-order valence-corrected chi connectivity index (χ4v) is 1.18. The Labute approximate surface area is 177 Å². The van der Waals surface area contributed by atoms with Gasteiger partial charge in [-0.3, -0.25) is 9.59 Å². The first kappa shape index (κ1) is 32.4. The number of carbonyl (C=O) groups excluding carboxylic acids is 4. The number of hydrogen-bond donors (Lipinski definition) is 2. The van der Waals surface area contributed by atoms with E-state index in [1.54, 1.807) is 0 Å². The van der Waals surface area contributed by atoms with Crippen LogP contribution in [0.5, 0.6) is 0 Å². The highest BCUT2D eigenvalue weighted by molar-refractivity contribution is 5.80. The molecule has 0 radical (unpaired) electrons. The molecule has 0 heterocycles. The molecule has 30 heavy (non-hydrogen) atoms. The van der Waals surface area contributed by atoms with Crippen LogP contribution in [0.4, 0.5) is 0 Å². The number of carboxylic acid groups (broad SMARTS) is 2. The Morgan fingerprint density at radius 2 is 0.933 bits per heavy atom. The minimum absolute atomic E-state index is 0.201. The number of quaternary nitrogens is 2. The Morgan fingerprint density at radius 1 is 0.700 bits per heavy atom. The largest absolute Gasteiger partial charge is 0.547 e. The Bertz CT molecular complexity index is 490. The van der Waals surface area contributed by atoms with Gasteiger partial charge in [-0.2, -0.15) is 0 Å². The standard InChI is InChI=1S/2C7H16NO2.C4H6O6/c2*1-7(9)10-6-5-8(2,3)4;5-1(3(7)8)2(6)4(9)10/h2*5-6H2,1-4H3;1-2,5-6H,(H,7,8)(H,9,10)/q2*+1;/p-2/t;;1-,2-/m..1/s1. The molecule has 2 N–H and O–H groups in total. The maximum atomic E-state index is 10.3. The summed E-state index contributed by atoms with van der Waals surface area (Å²) in [7, 11) is 12.4. The van der Waals surface area contributed by atoms with Crippen molar-refractivity contribution in [2.45, 2.75) is 26.1 Å². The first-order valence-corrected chi connectivity index (χ1v) is 8.95. The second-order valence-corrected chi connectivity index (χ2v) is 8.24. The minimum atomic E-state index is -2.44. The number of aliphatic hydroxyl groups is 2. The number of hydrogen-bond acceptors (Lipinski definition) is 10. The molecule has 0 rings (SSSR count). The lowest BCUT2D eigenvalue weighted by Crippen LogP contribution is -2.51. The maximum Gasteiger partial charge on any atom is 0.302 e. The molecule has 0 saturated heterocycles. The highest BCUT2D eigenvalue weighted by Crippen LogP contribution is 1.90. The molecule has 12 heteroatoms. The first-order chi connectivity index (χ1) is 13.3. The van der Waals surface area contributed by atoms with Gasteiger partial charge in [0.05, 0.1) is 54.2 Å². The van der Waals surface area contributed by atoms with Crippen LogP contribution in [0.15, 0.2) is 0 Å². The van der Waals surface area contributed by atoms with Gasteiger partial charge in [0, 0.05) is 13.8 Å². The predicted octanol–water partition coefficient (Wildman–Crippen LogP) is -4.28. The summed E-state index contributed by atoms with van der Waals surface area (Å²) in [4.78, 5) is 39.9. The minimum Gasteiger partial charge on any atom is -0.547 e. The second kappa shape index (κ2) is 15.5. The van der Waals surface area contributed by atoms with Crippen molar-refractivity contribution in [3.05, 3.63) is 0 Å². The molecule has 0 saturated carbocycles. The van der Waals surface area contributed by atoms with Crippen LogP contribution in [0.25, 0.3) is 0 Å². The number of carboxylic acids is 2. The molecule has 0 aliphatic carbocycles. The molecular formula is C18H36N2O10. The molecular weight excluding hydrogens is 404 g/mol. The summed E-state index contributed by atoms with van der Waals surface area (Å²) in [6, 6.07) is 0. The van der Waals surface area contributed by atoms with Gasteiger partial charge < -0.3 is 48.5 Å². The van der Waals surface area contributed by atoms with Gasteiger partial charge in [0.15, 0.2) is 0 Å². The molecule has 0 bridgehead atoms. The van der Waals surface area contributed by atoms with Gasteiger partial charge in [0.1, 0.15) is 38.5 Å². The van der Waals surface area contributed by atoms with Gasteiger partial charge in [0.2, 0.25) is 0 Å². The summed E-state index contributed by atoms with van der Waals surface area (Å²) in [5, 5.41) is 35.7. The van der Waals surface area contributed by atoms with E-state index in [1.165, 1.54) is 13.8 Å². The van der Waals surface area contributed by atoms with Crippen molar-refractivity contribution in [2.24, 2.45) is 0 Å². The normalized spacial score (nSPS) is 12.7. The highest BCUT2D eigenvalue weighted by Gasteiger charge is 2.17. The third kappa shape index (κ3) is 27.9. The van der Waals surface area contributed by atoms with Gasteiger partial charge in [-0.1, -0.05) is 0 Å². The number of nitrogens with zero attached hydrogens (tertiary/aromatic N) is 2. The van der Waals surface area contributed by atoms with Gasteiger partial charge in [-0.05, 0) is 0 Å². The molecule has 0 aromatic rings. The van der Waals surface area contributed by atoms with E-state index in [0.717, 1.165) is 22.1 Å². The summed E-state index contributed by atoms with van der Waals surface area (Å²) >= 11 is 0. The van der Waals surface area contributed by atoms with E-state index in [9.17, 15) is 29.4 Å². The number of aliphatic hydroxyl groups excluding tert-OH is 2. The summed E-state index contributed by atoms with van der Waals surface area (Å²) < 4.78 is 11.2. The maximum absolute atomic E-state index is 10.3. The number of carbonyl (C=O) groups is 4. The zero-order valence-electron chi connectivity index (χ0n) is 19.0. The van der Waals surface area contributed by atoms with E-state index >= 15 is 0 Å². The molecule has 2 atom stereocenters. The SMILES string of the molecule is CC(=O)OCC[N+](C)(C)C.CC(=O)OCC[N+](C)(C)C.O=C([O-])[C@H](O)[C@@H](O)C(=O)[O-]. The zero-order valence-corrected chi connectivity index (χ0v) is 19.0. The molecule has 0 aliphatic rings. The fraction of sp³-hybridized carbons (Fsp3) is 0.778. The van der Waals surface area contributed by atoms with Crippen LogP contribution in [-0.2, 0) is 28.7 Å². The van der Waals surface area contributed by atoms with Crippen LogP contribution in [0.3, 0.4) is 0 Å². The molecule has 0 unspecified atom stereocenters. The zero-order chi connectivity index (χ0) is 24.7. The Morgan fingerprint density at radius 3 is 1.07 bits per heavy atom. The van der Waals surface area contributed by atoms with Gasteiger partial charge >= 0.3 is 11.9 Å². The van der Waals surface area contributed by atoms with E-state index in [1.807, 2.05) is 0 Å². The lowest BCUT2D eigenvalue weighted by atomic mass is 10.2. The second-order valence-electron chi connectivity index (χ2n) is 8.24. The third-order valence-corrected chi connectivity index (χ3v) is 2.92. The molecule has 0 aromatic heterocycles. The monoisotopic (exact) mass is 440 g/mol. The van der Waals surface area contributed by atoms with E-state index < -0.39 is 24.1 Å². The van der Waals surface area contributed by atoms with Crippen LogP contribution in [0.2, 0.25) is 0 Å². The molecule has 178 valence electrons. The number of esters is 2. The molecule has 0 aromatic carbocycles. The highest BCUT2D eigenvalue weighted by atomic mass is 16.5. The van der Waals surface area contributed by atoms with E-state index in [-0.39, 0.29) is 11.9 Å². The first-order valence-electron chi connectivity index (χ1n) is 8.95. The molecule has 0 fully saturated rings. The van der Waals surface area contributed by atoms with E-state index in [2.05, 4.69) is 42.3 Å². The molecule has 0 spiro atoms. The quantitative estimate of drug-likeness (QED) is 0.264. The lowest BCUT2D eigenvalue weighted by Gasteiger charge is -2.23. The summed E-state index contributed by atoms with van der Waals surface area (Å²) in [6.45, 7) is 5.60. The van der Waals surface area contributed by atoms with E-state index in [0.29, 0.717) is 13.2 Å². The predicted molar refractivity (Wildman–Crippen MR) is 101 cm³/mol. The molecule has 12 nitrogen and oxygen atoms in total. The summed E-state index contributed by atoms with van der Waals surface area (Å²) in [6.07, 6.45) is -4.88. The average Bonchev–Trinajstić information content (AvgIpc) is 2.51. The van der Waals surface area contributed by atoms with Gasteiger partial charge in [-0.25, -0.2) is 0 Å². The number of rotatable bonds is 9. The fourth-order valence-electron chi connectivity index (χ4n) is 1.18. The molecule has 0 aliphatic heterocycles. The van der Waals surface area contributed by atoms with Crippen molar-refractivity contribution in [3.8, 4) is 0 Å². The number of ether oxygens (including phenoxy) is 2. The van der Waals surface area contributed by atoms with Gasteiger partial charge in [0.25, 0.3) is 0 Å². The van der Waals surface area contributed by atoms with Gasteiger partial charge in [-0.15, -0.1) is 0 Å². The Balaban J connectivity index is -0.000000364. The van der Waals surface area contributed by atoms with Crippen LogP contribution < -0.4 is 10.2 Å². The van der Waals surface area contributed by atoms with Crippen LogP contribution in [-0.4, -0.2) is 124 Å². The van der Waals surface area contributed by atoms with Crippen molar-refractivity contribution in [1.29, 1.82) is 0 Å². The summed E-state index contributed by atoms with van der Waals surface area (Å²) in [5.74, 6) is -4.52. The third-order valence-electron chi connectivity index (χ3n) is 2.92. The van der Waals surface area contributed by atoms with Crippen LogP contribution in [0, 0.1) is 0 Å². The summed E-state index contributed by atoms with van der Waals surface area (Å²) in [5.41, 5.74) is 0. The number of likely N-dealkylation sites (N-methyl/N-ethyl adjacent to an activating group) is 2. The lowest BCUT2D eigenvalue weighted by molar-refractivity contribution is -0.870. The van der Waals surface area contributed by atoms with Crippen LogP contribution in [0.1, 0.15) is 13.8 Å². The topological polar surface area (TPSA) is 173 Å². The Hall–Kier alpha value is -2.28. The smallest absolute Gasteiger partial charge is 0.302 e. The molecule has 0 amide bonds. The Kier molecular flexibility index (Phi) is 16.8. The van der Waals surface area contributed by atoms with Crippen molar-refractivity contribution in [3.63, 3.8) is 0 Å². The van der Waals surface area contributed by atoms with Crippen molar-refractivity contribution < 1.29 is 58.0 Å². The van der Waals surface area contributed by atoms with Crippen molar-refractivity contribution in [1.82, 2.24) is 0 Å². The number of aliphatic carboxylic acids is 2. The van der Waals surface area contributed by atoms with Crippen LogP contribution >= 0.6 is 0 Å². The average molecular weight is 440 g/mol. The van der Waals surface area contributed by atoms with Crippen molar-refractivity contribution in [2.75, 3.05) is 68.6 Å².